The van der Waals surface area contributed by atoms with Gasteiger partial charge in [-0.15, -0.1) is 0 Å². The van der Waals surface area contributed by atoms with Crippen molar-refractivity contribution in [2.75, 3.05) is 13.2 Å². The van der Waals surface area contributed by atoms with E-state index in [0.29, 0.717) is 22.9 Å². The molecule has 1 heterocycles. The predicted octanol–water partition coefficient (Wildman–Crippen LogP) is 0.136. The van der Waals surface area contributed by atoms with Crippen LogP contribution in [0.25, 0.3) is 10.9 Å². The number of fused-ring (bicyclic) bond motifs is 1. The molecule has 23 nitrogen and oxygen atoms in total. The fourth-order valence-electron chi connectivity index (χ4n) is 8.02. The van der Waals surface area contributed by atoms with Gasteiger partial charge >= 0.3 is 11.9 Å². The van der Waals surface area contributed by atoms with E-state index in [0.717, 1.165) is 5.56 Å². The zero-order chi connectivity index (χ0) is 56.1. The van der Waals surface area contributed by atoms with Crippen LogP contribution in [0.15, 0.2) is 60.8 Å². The first-order valence-electron chi connectivity index (χ1n) is 25.1. The summed E-state index contributed by atoms with van der Waals surface area (Å²) < 4.78 is 0. The standard InChI is InChI=1S/C52H76N10O13/c1-9-30(8)44(61-41(64)25-55-45(67)34(53)21-31-15-11-10-12-16-31)51(73)59-39(23-42(65)66)49(71)57-36(19-27(2)3)46(68)56-37(20-28(4)5)47(69)58-38(22-32-24-54-35-18-14-13-17-33(32)35)48(70)60-40(26-63)50(72)62-43(29(6)7)52(74)75/h10-18,24,27-30,34,36-40,43-44,54,63H,9,19-23,25-26,53H2,1-8H3,(H,55,67)(H,56,68)(H,57,71)(H,58,69)(H,59,73)(H,60,70)(H,61,64)(H,62,72)(H,65,66)(H,74,75)/t30-,34-,36-,37-,38-,39-,40-,43-,44-/m0/s1. The van der Waals surface area contributed by atoms with Crippen LogP contribution < -0.4 is 48.3 Å². The smallest absolute Gasteiger partial charge is 0.326 e. The Kier molecular flexibility index (Phi) is 24.8. The number of carbonyl (C=O) groups excluding carboxylic acids is 8. The molecule has 0 saturated heterocycles. The van der Waals surface area contributed by atoms with Crippen LogP contribution in [0.4, 0.5) is 0 Å². The normalized spacial score (nSPS) is 14.9. The molecule has 0 radical (unpaired) electrons. The molecular formula is C52H76N10O13. The second-order valence-electron chi connectivity index (χ2n) is 19.9. The lowest BCUT2D eigenvalue weighted by Crippen LogP contribution is -2.61. The second-order valence-corrected chi connectivity index (χ2v) is 19.9. The molecule has 0 bridgehead atoms. The van der Waals surface area contributed by atoms with Crippen molar-refractivity contribution in [1.82, 2.24) is 47.5 Å². The number of aliphatic hydroxyl groups excluding tert-OH is 1. The minimum Gasteiger partial charge on any atom is -0.481 e. The number of aromatic nitrogens is 1. The molecule has 0 fully saturated rings. The Morgan fingerprint density at radius 1 is 0.573 bits per heavy atom. The third-order valence-electron chi connectivity index (χ3n) is 12.3. The Morgan fingerprint density at radius 2 is 1.08 bits per heavy atom. The fourth-order valence-corrected chi connectivity index (χ4v) is 8.02. The summed E-state index contributed by atoms with van der Waals surface area (Å²) in [5, 5.41) is 50.4. The molecule has 8 amide bonds. The van der Waals surface area contributed by atoms with Crippen molar-refractivity contribution in [3.8, 4) is 0 Å². The number of aliphatic hydroxyl groups is 1. The third kappa shape index (κ3) is 20.1. The molecule has 1 aromatic heterocycles. The molecule has 412 valence electrons. The molecule has 75 heavy (non-hydrogen) atoms. The van der Waals surface area contributed by atoms with Crippen molar-refractivity contribution < 1.29 is 63.3 Å². The van der Waals surface area contributed by atoms with E-state index in [1.165, 1.54) is 0 Å². The van der Waals surface area contributed by atoms with Crippen molar-refractivity contribution in [2.45, 2.75) is 142 Å². The minimum absolute atomic E-state index is 0.0133. The molecule has 2 aromatic carbocycles. The quantitative estimate of drug-likeness (QED) is 0.0408. The van der Waals surface area contributed by atoms with Crippen LogP contribution >= 0.6 is 0 Å². The second kappa shape index (κ2) is 30.1. The summed E-state index contributed by atoms with van der Waals surface area (Å²) in [5.74, 6) is -11.4. The Hall–Kier alpha value is -7.40. The molecule has 9 atom stereocenters. The summed E-state index contributed by atoms with van der Waals surface area (Å²) in [4.78, 5) is 137. The summed E-state index contributed by atoms with van der Waals surface area (Å²) in [7, 11) is 0. The Labute approximate surface area is 436 Å². The summed E-state index contributed by atoms with van der Waals surface area (Å²) in [6.07, 6.45) is 1.09. The van der Waals surface area contributed by atoms with Gasteiger partial charge in [0.1, 0.15) is 42.3 Å². The lowest BCUT2D eigenvalue weighted by molar-refractivity contribution is -0.144. The Morgan fingerprint density at radius 3 is 1.61 bits per heavy atom. The fraction of sp³-hybridized carbons (Fsp3) is 0.538. The number of para-hydroxylation sites is 1. The van der Waals surface area contributed by atoms with Crippen molar-refractivity contribution in [3.63, 3.8) is 0 Å². The molecular weight excluding hydrogens is 973 g/mol. The van der Waals surface area contributed by atoms with E-state index in [1.807, 2.05) is 6.07 Å². The highest BCUT2D eigenvalue weighted by molar-refractivity contribution is 5.99. The number of rotatable bonds is 31. The molecule has 0 spiro atoms. The molecule has 0 aliphatic heterocycles. The van der Waals surface area contributed by atoms with E-state index in [1.54, 1.807) is 110 Å². The van der Waals surface area contributed by atoms with Gasteiger partial charge in [-0.05, 0) is 60.1 Å². The van der Waals surface area contributed by atoms with E-state index >= 15 is 0 Å². The summed E-state index contributed by atoms with van der Waals surface area (Å²) >= 11 is 0. The third-order valence-corrected chi connectivity index (χ3v) is 12.3. The van der Waals surface area contributed by atoms with Gasteiger partial charge in [0, 0.05) is 23.5 Å². The average Bonchev–Trinajstić information content (AvgIpc) is 3.76. The van der Waals surface area contributed by atoms with Crippen LogP contribution in [-0.2, 0) is 60.8 Å². The van der Waals surface area contributed by atoms with Crippen LogP contribution in [0.5, 0.6) is 0 Å². The zero-order valence-corrected chi connectivity index (χ0v) is 43.9. The zero-order valence-electron chi connectivity index (χ0n) is 43.9. The van der Waals surface area contributed by atoms with E-state index < -0.39 is 139 Å². The minimum atomic E-state index is -1.76. The highest BCUT2D eigenvalue weighted by atomic mass is 16.4. The van der Waals surface area contributed by atoms with Crippen LogP contribution in [0.1, 0.15) is 92.2 Å². The van der Waals surface area contributed by atoms with Crippen LogP contribution in [-0.4, -0.2) is 141 Å². The van der Waals surface area contributed by atoms with Crippen LogP contribution in [0.3, 0.4) is 0 Å². The van der Waals surface area contributed by atoms with Gasteiger partial charge in [-0.3, -0.25) is 43.2 Å². The molecule has 14 N–H and O–H groups in total. The SMILES string of the molecule is CC[C@H](C)[C@H](NC(=O)CNC(=O)[C@@H](N)Cc1ccccc1)C(=O)N[C@@H](CC(=O)O)C(=O)N[C@@H](CC(C)C)C(=O)N[C@@H](CC(C)C)C(=O)N[C@@H](Cc1c[nH]c2ccccc12)C(=O)N[C@@H](CO)C(=O)N[C@H](C(=O)O)C(C)C. The number of aliphatic carboxylic acids is 2. The van der Waals surface area contributed by atoms with E-state index in [2.05, 4.69) is 47.5 Å². The summed E-state index contributed by atoms with van der Waals surface area (Å²) in [6.45, 7) is 12.1. The number of carbonyl (C=O) groups is 10. The first kappa shape index (κ1) is 61.9. The maximum Gasteiger partial charge on any atom is 0.326 e. The Balaban J connectivity index is 1.84. The largest absolute Gasteiger partial charge is 0.481 e. The van der Waals surface area contributed by atoms with Gasteiger partial charge < -0.3 is 68.6 Å². The van der Waals surface area contributed by atoms with Crippen molar-refractivity contribution in [3.05, 3.63) is 71.9 Å². The number of nitrogens with two attached hydrogens (primary N) is 1. The number of nitrogens with one attached hydrogen (secondary N) is 9. The highest BCUT2D eigenvalue weighted by Crippen LogP contribution is 2.20. The van der Waals surface area contributed by atoms with Crippen molar-refractivity contribution in [2.24, 2.45) is 29.4 Å². The monoisotopic (exact) mass is 1050 g/mol. The van der Waals surface area contributed by atoms with Crippen molar-refractivity contribution >= 4 is 70.1 Å². The highest BCUT2D eigenvalue weighted by Gasteiger charge is 2.36. The lowest BCUT2D eigenvalue weighted by Gasteiger charge is -2.29. The molecule has 0 saturated carbocycles. The number of carboxylic acid groups (broad SMARTS) is 2. The molecule has 0 aliphatic rings. The number of carboxylic acids is 2. The van der Waals surface area contributed by atoms with Gasteiger partial charge in [-0.1, -0.05) is 110 Å². The lowest BCUT2D eigenvalue weighted by atomic mass is 9.97. The molecule has 23 heteroatoms. The van der Waals surface area contributed by atoms with Gasteiger partial charge in [0.2, 0.25) is 47.3 Å². The molecule has 0 unspecified atom stereocenters. The van der Waals surface area contributed by atoms with Crippen molar-refractivity contribution in [1.29, 1.82) is 0 Å². The number of benzene rings is 2. The number of aromatic amines is 1. The molecule has 3 rings (SSSR count). The van der Waals surface area contributed by atoms with Crippen LogP contribution in [0.2, 0.25) is 0 Å². The van der Waals surface area contributed by atoms with Gasteiger partial charge in [0.15, 0.2) is 0 Å². The topological polar surface area (TPSA) is 369 Å². The predicted molar refractivity (Wildman–Crippen MR) is 277 cm³/mol. The van der Waals surface area contributed by atoms with Gasteiger partial charge in [0.05, 0.1) is 25.6 Å². The first-order valence-corrected chi connectivity index (χ1v) is 25.1. The van der Waals surface area contributed by atoms with E-state index in [4.69, 9.17) is 5.73 Å². The summed E-state index contributed by atoms with van der Waals surface area (Å²) in [6, 6.07) is 4.95. The first-order chi connectivity index (χ1) is 35.3. The number of hydrogen-bond acceptors (Lipinski definition) is 12. The number of amides is 8. The Bertz CT molecular complexity index is 2450. The maximum atomic E-state index is 14.4. The average molecular weight is 1050 g/mol. The van der Waals surface area contributed by atoms with E-state index in [9.17, 15) is 63.3 Å². The maximum absolute atomic E-state index is 14.4. The van der Waals surface area contributed by atoms with E-state index in [-0.39, 0.29) is 37.5 Å². The van der Waals surface area contributed by atoms with Gasteiger partial charge in [-0.25, -0.2) is 4.79 Å². The van der Waals surface area contributed by atoms with Gasteiger partial charge in [-0.2, -0.15) is 0 Å². The van der Waals surface area contributed by atoms with Gasteiger partial charge in [0.25, 0.3) is 0 Å². The number of hydrogen-bond donors (Lipinski definition) is 13. The van der Waals surface area contributed by atoms with Crippen LogP contribution in [0, 0.1) is 23.7 Å². The number of H-pyrrole nitrogens is 1. The molecule has 3 aromatic rings. The summed E-state index contributed by atoms with van der Waals surface area (Å²) in [5.41, 5.74) is 8.14. The molecule has 0 aliphatic carbocycles.